The summed E-state index contributed by atoms with van der Waals surface area (Å²) in [6.45, 7) is 2.88. The number of halogens is 1. The van der Waals surface area contributed by atoms with Gasteiger partial charge < -0.3 is 10.4 Å². The molecule has 0 atom stereocenters. The van der Waals surface area contributed by atoms with Crippen LogP contribution in [0.1, 0.15) is 38.2 Å². The molecule has 16 heavy (non-hydrogen) atoms. The molecule has 0 radical (unpaired) electrons. The van der Waals surface area contributed by atoms with Crippen LogP contribution >= 0.6 is 11.6 Å². The van der Waals surface area contributed by atoms with E-state index in [1.54, 1.807) is 12.1 Å². The highest BCUT2D eigenvalue weighted by molar-refractivity contribution is 6.31. The molecule has 1 aromatic rings. The number of hydrogen-bond donors (Lipinski definition) is 2. The van der Waals surface area contributed by atoms with Gasteiger partial charge in [0.15, 0.2) is 0 Å². The second kappa shape index (κ2) is 4.64. The summed E-state index contributed by atoms with van der Waals surface area (Å²) in [5, 5.41) is 13.9. The first-order chi connectivity index (χ1) is 7.61. The van der Waals surface area contributed by atoms with E-state index >= 15 is 0 Å². The zero-order chi connectivity index (χ0) is 11.6. The molecule has 0 spiro atoms. The molecule has 0 aliphatic heterocycles. The number of phenols is 1. The smallest absolute Gasteiger partial charge is 0.121 e. The summed E-state index contributed by atoms with van der Waals surface area (Å²) >= 11 is 6.06. The highest BCUT2D eigenvalue weighted by Gasteiger charge is 2.28. The molecule has 1 fully saturated rings. The van der Waals surface area contributed by atoms with Gasteiger partial charge in [-0.3, -0.25) is 0 Å². The van der Waals surface area contributed by atoms with Crippen LogP contribution in [-0.2, 0) is 6.54 Å². The van der Waals surface area contributed by atoms with Gasteiger partial charge >= 0.3 is 0 Å². The van der Waals surface area contributed by atoms with Gasteiger partial charge in [-0.15, -0.1) is 0 Å². The van der Waals surface area contributed by atoms with Crippen LogP contribution in [0, 0.1) is 0 Å². The Bertz CT molecular complexity index is 352. The van der Waals surface area contributed by atoms with Crippen LogP contribution < -0.4 is 5.32 Å². The molecular weight excluding hydrogens is 222 g/mol. The van der Waals surface area contributed by atoms with Crippen molar-refractivity contribution in [2.45, 2.75) is 44.7 Å². The summed E-state index contributed by atoms with van der Waals surface area (Å²) in [4.78, 5) is 0. The van der Waals surface area contributed by atoms with E-state index in [1.807, 2.05) is 6.07 Å². The highest BCUT2D eigenvalue weighted by Crippen LogP contribution is 2.31. The van der Waals surface area contributed by atoms with Crippen molar-refractivity contribution in [3.8, 4) is 5.75 Å². The summed E-state index contributed by atoms with van der Waals surface area (Å²) in [6, 6.07) is 5.26. The topological polar surface area (TPSA) is 32.3 Å². The lowest BCUT2D eigenvalue weighted by Gasteiger charge is -2.25. The molecule has 1 aliphatic carbocycles. The van der Waals surface area contributed by atoms with Crippen molar-refractivity contribution in [1.82, 2.24) is 5.32 Å². The minimum Gasteiger partial charge on any atom is -0.508 e. The quantitative estimate of drug-likeness (QED) is 0.847. The van der Waals surface area contributed by atoms with Crippen LogP contribution in [0.4, 0.5) is 0 Å². The second-order valence-corrected chi connectivity index (χ2v) is 5.27. The monoisotopic (exact) mass is 239 g/mol. The molecule has 2 nitrogen and oxygen atoms in total. The van der Waals surface area contributed by atoms with Crippen molar-refractivity contribution in [2.24, 2.45) is 0 Å². The first-order valence-electron chi connectivity index (χ1n) is 5.82. The normalized spacial score (nSPS) is 18.9. The average Bonchev–Trinajstić information content (AvgIpc) is 2.65. The van der Waals surface area contributed by atoms with Crippen LogP contribution in [0.2, 0.25) is 5.02 Å². The van der Waals surface area contributed by atoms with Crippen molar-refractivity contribution in [3.63, 3.8) is 0 Å². The fourth-order valence-corrected chi connectivity index (χ4v) is 2.59. The predicted molar refractivity (Wildman–Crippen MR) is 66.8 cm³/mol. The summed E-state index contributed by atoms with van der Waals surface area (Å²) in [7, 11) is 0. The lowest BCUT2D eigenvalue weighted by Crippen LogP contribution is -2.38. The Balaban J connectivity index is 2.04. The Kier molecular flexibility index (Phi) is 3.41. The van der Waals surface area contributed by atoms with Crippen LogP contribution in [0.5, 0.6) is 5.75 Å². The Morgan fingerprint density at radius 1 is 1.38 bits per heavy atom. The zero-order valence-corrected chi connectivity index (χ0v) is 10.3. The van der Waals surface area contributed by atoms with E-state index in [-0.39, 0.29) is 11.3 Å². The fraction of sp³-hybridized carbons (Fsp3) is 0.538. The van der Waals surface area contributed by atoms with E-state index in [1.165, 1.54) is 25.7 Å². The van der Waals surface area contributed by atoms with Crippen LogP contribution in [0.15, 0.2) is 18.2 Å². The molecule has 0 amide bonds. The van der Waals surface area contributed by atoms with Crippen molar-refractivity contribution in [3.05, 3.63) is 28.8 Å². The molecule has 1 aliphatic rings. The second-order valence-electron chi connectivity index (χ2n) is 4.86. The third-order valence-corrected chi connectivity index (χ3v) is 3.85. The number of hydrogen-bond acceptors (Lipinski definition) is 2. The Morgan fingerprint density at radius 2 is 2.06 bits per heavy atom. The molecule has 0 unspecified atom stereocenters. The molecule has 0 bridgehead atoms. The van der Waals surface area contributed by atoms with Gasteiger partial charge in [0.05, 0.1) is 0 Å². The molecule has 0 aromatic heterocycles. The van der Waals surface area contributed by atoms with Gasteiger partial charge in [0.2, 0.25) is 0 Å². The lowest BCUT2D eigenvalue weighted by atomic mass is 10.0. The van der Waals surface area contributed by atoms with Crippen LogP contribution in [0.25, 0.3) is 0 Å². The van der Waals surface area contributed by atoms with Gasteiger partial charge in [0.1, 0.15) is 5.75 Å². The first-order valence-corrected chi connectivity index (χ1v) is 6.20. The van der Waals surface area contributed by atoms with Crippen molar-refractivity contribution >= 4 is 11.6 Å². The number of rotatable bonds is 3. The molecular formula is C13H18ClNO. The molecule has 1 aromatic carbocycles. The molecule has 2 N–H and O–H groups in total. The number of phenolic OH excluding ortho intramolecular Hbond substituents is 1. The fourth-order valence-electron chi connectivity index (χ4n) is 2.36. The van der Waals surface area contributed by atoms with Crippen molar-refractivity contribution < 1.29 is 5.11 Å². The predicted octanol–water partition coefficient (Wildman–Crippen LogP) is 3.47. The zero-order valence-electron chi connectivity index (χ0n) is 9.59. The average molecular weight is 240 g/mol. The third-order valence-electron chi connectivity index (χ3n) is 3.49. The van der Waals surface area contributed by atoms with E-state index < -0.39 is 0 Å². The Labute approximate surface area is 102 Å². The lowest BCUT2D eigenvalue weighted by molar-refractivity contribution is 0.358. The van der Waals surface area contributed by atoms with E-state index in [0.29, 0.717) is 11.6 Å². The maximum absolute atomic E-state index is 9.72. The Hall–Kier alpha value is -0.730. The number of nitrogens with one attached hydrogen (secondary N) is 1. The standard InChI is InChI=1S/C13H18ClNO/c1-13(7-2-3-8-13)15-9-10-11(14)5-4-6-12(10)16/h4-6,15-16H,2-3,7-9H2,1H3. The van der Waals surface area contributed by atoms with Gasteiger partial charge in [0.25, 0.3) is 0 Å². The van der Waals surface area contributed by atoms with Crippen molar-refractivity contribution in [1.29, 1.82) is 0 Å². The van der Waals surface area contributed by atoms with E-state index in [0.717, 1.165) is 5.56 Å². The minimum atomic E-state index is 0.214. The Morgan fingerprint density at radius 3 is 2.69 bits per heavy atom. The van der Waals surface area contributed by atoms with E-state index in [4.69, 9.17) is 11.6 Å². The minimum absolute atomic E-state index is 0.214. The van der Waals surface area contributed by atoms with Crippen LogP contribution in [0.3, 0.4) is 0 Å². The number of aromatic hydroxyl groups is 1. The van der Waals surface area contributed by atoms with E-state index in [2.05, 4.69) is 12.2 Å². The highest BCUT2D eigenvalue weighted by atomic mass is 35.5. The maximum atomic E-state index is 9.72. The van der Waals surface area contributed by atoms with Gasteiger partial charge in [-0.25, -0.2) is 0 Å². The number of benzene rings is 1. The van der Waals surface area contributed by atoms with Crippen LogP contribution in [-0.4, -0.2) is 10.6 Å². The molecule has 0 heterocycles. The van der Waals surface area contributed by atoms with Crippen molar-refractivity contribution in [2.75, 3.05) is 0 Å². The largest absolute Gasteiger partial charge is 0.508 e. The molecule has 0 saturated heterocycles. The third kappa shape index (κ3) is 2.50. The summed E-state index contributed by atoms with van der Waals surface area (Å²) in [5.74, 6) is 0.279. The van der Waals surface area contributed by atoms with Gasteiger partial charge in [0, 0.05) is 22.7 Å². The van der Waals surface area contributed by atoms with Gasteiger partial charge in [-0.1, -0.05) is 30.5 Å². The summed E-state index contributed by atoms with van der Waals surface area (Å²) < 4.78 is 0. The first kappa shape index (κ1) is 11.7. The molecule has 2 rings (SSSR count). The van der Waals surface area contributed by atoms with Gasteiger partial charge in [-0.2, -0.15) is 0 Å². The molecule has 1 saturated carbocycles. The summed E-state index contributed by atoms with van der Waals surface area (Å²) in [6.07, 6.45) is 4.99. The SMILES string of the molecule is CC1(NCc2c(O)cccc2Cl)CCCC1. The summed E-state index contributed by atoms with van der Waals surface area (Å²) in [5.41, 5.74) is 1.02. The molecule has 3 heteroatoms. The van der Waals surface area contributed by atoms with E-state index in [9.17, 15) is 5.11 Å². The maximum Gasteiger partial charge on any atom is 0.121 e. The molecule has 88 valence electrons. The van der Waals surface area contributed by atoms with Gasteiger partial charge in [-0.05, 0) is 31.9 Å².